The minimum atomic E-state index is -0.296. The number of carbonyl (C=O) groups excluding carboxylic acids is 2. The van der Waals surface area contributed by atoms with Crippen LogP contribution >= 0.6 is 11.6 Å². The lowest BCUT2D eigenvalue weighted by Crippen LogP contribution is -2.49. The van der Waals surface area contributed by atoms with Gasteiger partial charge in [-0.3, -0.25) is 14.0 Å². The molecule has 5 rings (SSSR count). The van der Waals surface area contributed by atoms with E-state index in [1.807, 2.05) is 17.9 Å². The van der Waals surface area contributed by atoms with Crippen molar-refractivity contribution in [1.82, 2.24) is 14.3 Å². The molecule has 1 aliphatic heterocycles. The van der Waals surface area contributed by atoms with Crippen molar-refractivity contribution in [2.24, 2.45) is 0 Å². The number of piperazine rings is 1. The van der Waals surface area contributed by atoms with Crippen LogP contribution in [-0.2, 0) is 24.1 Å². The molecule has 8 heteroatoms. The monoisotopic (exact) mass is 532 g/mol. The SMILES string of the molecule is CCc1nc2ccc(Cl)cn2c1C(=O)CCc1ccc(N2CCN(C(=O)Cc3ccc(F)cc3)CC2)cc1. The maximum atomic E-state index is 13.2. The molecule has 0 bridgehead atoms. The second kappa shape index (κ2) is 11.4. The van der Waals surface area contributed by atoms with Crippen molar-refractivity contribution in [1.29, 1.82) is 0 Å². The van der Waals surface area contributed by atoms with Crippen LogP contribution in [0.4, 0.5) is 10.1 Å². The predicted octanol–water partition coefficient (Wildman–Crippen LogP) is 5.40. The molecule has 3 heterocycles. The van der Waals surface area contributed by atoms with Crippen molar-refractivity contribution in [2.75, 3.05) is 31.1 Å². The van der Waals surface area contributed by atoms with Crippen LogP contribution in [0.1, 0.15) is 40.7 Å². The van der Waals surface area contributed by atoms with E-state index < -0.39 is 0 Å². The molecular formula is C30H30ClFN4O2. The van der Waals surface area contributed by atoms with Gasteiger partial charge in [0.2, 0.25) is 5.91 Å². The van der Waals surface area contributed by atoms with E-state index in [0.29, 0.717) is 43.1 Å². The lowest BCUT2D eigenvalue weighted by molar-refractivity contribution is -0.130. The number of hydrogen-bond acceptors (Lipinski definition) is 4. The Kier molecular flexibility index (Phi) is 7.74. The van der Waals surface area contributed by atoms with Crippen molar-refractivity contribution in [3.05, 3.63) is 100 Å². The Labute approximate surface area is 226 Å². The van der Waals surface area contributed by atoms with Gasteiger partial charge in [-0.2, -0.15) is 0 Å². The van der Waals surface area contributed by atoms with Crippen molar-refractivity contribution in [3.8, 4) is 0 Å². The number of pyridine rings is 1. The molecule has 0 N–H and O–H groups in total. The van der Waals surface area contributed by atoms with Crippen molar-refractivity contribution in [2.45, 2.75) is 32.6 Å². The molecule has 1 amide bonds. The highest BCUT2D eigenvalue weighted by atomic mass is 35.5. The van der Waals surface area contributed by atoms with Gasteiger partial charge in [-0.15, -0.1) is 0 Å². The van der Waals surface area contributed by atoms with E-state index in [9.17, 15) is 14.0 Å². The number of anilines is 1. The fourth-order valence-electron chi connectivity index (χ4n) is 4.96. The molecule has 1 saturated heterocycles. The molecule has 1 aliphatic rings. The van der Waals surface area contributed by atoms with Gasteiger partial charge in [-0.25, -0.2) is 9.37 Å². The number of carbonyl (C=O) groups is 2. The van der Waals surface area contributed by atoms with Crippen LogP contribution in [0.2, 0.25) is 5.02 Å². The van der Waals surface area contributed by atoms with Crippen LogP contribution in [0.5, 0.6) is 0 Å². The van der Waals surface area contributed by atoms with E-state index in [-0.39, 0.29) is 23.9 Å². The fraction of sp³-hybridized carbons (Fsp3) is 0.300. The van der Waals surface area contributed by atoms with E-state index in [4.69, 9.17) is 11.6 Å². The minimum absolute atomic E-state index is 0.0575. The quantitative estimate of drug-likeness (QED) is 0.285. The number of ketones is 1. The first-order chi connectivity index (χ1) is 18.4. The smallest absolute Gasteiger partial charge is 0.227 e. The Morgan fingerprint density at radius 3 is 2.29 bits per heavy atom. The third kappa shape index (κ3) is 5.73. The molecule has 2 aromatic heterocycles. The van der Waals surface area contributed by atoms with Gasteiger partial charge < -0.3 is 9.80 Å². The third-order valence-corrected chi connectivity index (χ3v) is 7.32. The maximum absolute atomic E-state index is 13.2. The van der Waals surface area contributed by atoms with Gasteiger partial charge in [-0.05, 0) is 60.4 Å². The van der Waals surface area contributed by atoms with Crippen molar-refractivity contribution >= 4 is 34.6 Å². The summed E-state index contributed by atoms with van der Waals surface area (Å²) in [5.41, 5.74) is 5.17. The van der Waals surface area contributed by atoms with Crippen LogP contribution in [0.25, 0.3) is 5.65 Å². The Balaban J connectivity index is 1.15. The largest absolute Gasteiger partial charge is 0.368 e. The van der Waals surface area contributed by atoms with Crippen LogP contribution < -0.4 is 4.90 Å². The van der Waals surface area contributed by atoms with Crippen LogP contribution in [0, 0.1) is 5.82 Å². The number of aromatic nitrogens is 2. The summed E-state index contributed by atoms with van der Waals surface area (Å²) in [6.07, 6.45) is 3.75. The van der Waals surface area contributed by atoms with Gasteiger partial charge in [0.25, 0.3) is 0 Å². The summed E-state index contributed by atoms with van der Waals surface area (Å²) in [7, 11) is 0. The van der Waals surface area contributed by atoms with Crippen LogP contribution in [0.15, 0.2) is 66.9 Å². The third-order valence-electron chi connectivity index (χ3n) is 7.10. The normalized spacial score (nSPS) is 13.8. The number of benzene rings is 2. The number of fused-ring (bicyclic) bond motifs is 1. The summed E-state index contributed by atoms with van der Waals surface area (Å²) in [6.45, 7) is 4.81. The van der Waals surface area contributed by atoms with Gasteiger partial charge in [0.1, 0.15) is 17.2 Å². The van der Waals surface area contributed by atoms with Crippen molar-refractivity contribution in [3.63, 3.8) is 0 Å². The molecule has 0 saturated carbocycles. The number of aryl methyl sites for hydroxylation is 2. The van der Waals surface area contributed by atoms with E-state index in [2.05, 4.69) is 34.1 Å². The number of Topliss-reactive ketones (excluding diaryl/α,β-unsaturated/α-hetero) is 1. The molecule has 196 valence electrons. The molecule has 0 atom stereocenters. The van der Waals surface area contributed by atoms with E-state index in [1.165, 1.54) is 12.1 Å². The lowest BCUT2D eigenvalue weighted by Gasteiger charge is -2.36. The van der Waals surface area contributed by atoms with Gasteiger partial charge in [0.15, 0.2) is 5.78 Å². The van der Waals surface area contributed by atoms with Gasteiger partial charge in [0.05, 0.1) is 17.1 Å². The molecule has 1 fully saturated rings. The molecule has 4 aromatic rings. The molecule has 0 radical (unpaired) electrons. The Hall–Kier alpha value is -3.71. The highest BCUT2D eigenvalue weighted by molar-refractivity contribution is 6.30. The van der Waals surface area contributed by atoms with Gasteiger partial charge in [0, 0.05) is 44.5 Å². The molecular weight excluding hydrogens is 503 g/mol. The number of halogens is 2. The van der Waals surface area contributed by atoms with E-state index in [1.54, 1.807) is 28.8 Å². The summed E-state index contributed by atoms with van der Waals surface area (Å²) in [5.74, 6) is -0.173. The summed E-state index contributed by atoms with van der Waals surface area (Å²) < 4.78 is 14.9. The summed E-state index contributed by atoms with van der Waals surface area (Å²) in [5, 5.41) is 0.570. The number of nitrogens with zero attached hydrogens (tertiary/aromatic N) is 4. The van der Waals surface area contributed by atoms with Crippen molar-refractivity contribution < 1.29 is 14.0 Å². The maximum Gasteiger partial charge on any atom is 0.227 e. The second-order valence-corrected chi connectivity index (χ2v) is 10.0. The molecule has 38 heavy (non-hydrogen) atoms. The average molecular weight is 533 g/mol. The molecule has 2 aromatic carbocycles. The second-order valence-electron chi connectivity index (χ2n) is 9.60. The van der Waals surface area contributed by atoms with Crippen LogP contribution in [-0.4, -0.2) is 52.2 Å². The molecule has 6 nitrogen and oxygen atoms in total. The summed E-state index contributed by atoms with van der Waals surface area (Å²) in [4.78, 5) is 34.5. The highest BCUT2D eigenvalue weighted by Gasteiger charge is 2.22. The number of amides is 1. The molecule has 0 unspecified atom stereocenters. The first-order valence-corrected chi connectivity index (χ1v) is 13.3. The summed E-state index contributed by atoms with van der Waals surface area (Å²) in [6, 6.07) is 18.0. The Morgan fingerprint density at radius 1 is 0.921 bits per heavy atom. The van der Waals surface area contributed by atoms with E-state index >= 15 is 0 Å². The number of hydrogen-bond donors (Lipinski definition) is 0. The zero-order valence-corrected chi connectivity index (χ0v) is 22.1. The standard InChI is InChI=1S/C30H30ClFN4O2/c1-2-26-30(36-20-23(31)8-14-28(36)33-26)27(37)13-7-21-5-11-25(12-6-21)34-15-17-35(18-16-34)29(38)19-22-3-9-24(32)10-4-22/h3-6,8-12,14,20H,2,7,13,15-19H2,1H3. The Morgan fingerprint density at radius 2 is 1.61 bits per heavy atom. The van der Waals surface area contributed by atoms with Crippen LogP contribution in [0.3, 0.4) is 0 Å². The molecule has 0 spiro atoms. The zero-order valence-electron chi connectivity index (χ0n) is 21.4. The number of imidazole rings is 1. The first-order valence-electron chi connectivity index (χ1n) is 13.0. The van der Waals surface area contributed by atoms with Gasteiger partial charge >= 0.3 is 0 Å². The molecule has 0 aliphatic carbocycles. The Bertz CT molecular complexity index is 1440. The lowest BCUT2D eigenvalue weighted by atomic mass is 10.0. The zero-order chi connectivity index (χ0) is 26.6. The minimum Gasteiger partial charge on any atom is -0.368 e. The fourth-order valence-corrected chi connectivity index (χ4v) is 5.12. The average Bonchev–Trinajstić information content (AvgIpc) is 3.31. The highest BCUT2D eigenvalue weighted by Crippen LogP contribution is 2.22. The predicted molar refractivity (Wildman–Crippen MR) is 148 cm³/mol. The number of rotatable bonds is 8. The first kappa shape index (κ1) is 25.9. The van der Waals surface area contributed by atoms with Gasteiger partial charge in [-0.1, -0.05) is 42.8 Å². The topological polar surface area (TPSA) is 57.9 Å². The summed E-state index contributed by atoms with van der Waals surface area (Å²) >= 11 is 6.17. The van der Waals surface area contributed by atoms with E-state index in [0.717, 1.165) is 41.2 Å².